The summed E-state index contributed by atoms with van der Waals surface area (Å²) < 4.78 is 10.7. The Balaban J connectivity index is 2.41. The van der Waals surface area contributed by atoms with Gasteiger partial charge < -0.3 is 19.8 Å². The molecule has 1 amide bonds. The second-order valence-corrected chi connectivity index (χ2v) is 5.26. The highest BCUT2D eigenvalue weighted by Gasteiger charge is 2.35. The van der Waals surface area contributed by atoms with E-state index in [1.54, 1.807) is 11.0 Å². The number of amides is 1. The number of carbonyl (C=O) groups is 1. The van der Waals surface area contributed by atoms with E-state index < -0.39 is 5.60 Å². The Morgan fingerprint density at radius 1 is 1.50 bits per heavy atom. The van der Waals surface area contributed by atoms with Crippen molar-refractivity contribution >= 4 is 12.3 Å². The normalized spacial score (nSPS) is 20.1. The number of rotatable bonds is 4. The number of nitrogens with one attached hydrogen (secondary N) is 1. The van der Waals surface area contributed by atoms with E-state index in [2.05, 4.69) is 0 Å². The Labute approximate surface area is 108 Å². The molecule has 0 aromatic rings. The molecular weight excluding hydrogens is 232 g/mol. The number of hydrogen-bond donors (Lipinski definition) is 1. The van der Waals surface area contributed by atoms with Crippen molar-refractivity contribution in [2.45, 2.75) is 45.8 Å². The Kier molecular flexibility index (Phi) is 4.76. The minimum Gasteiger partial charge on any atom is -0.490 e. The van der Waals surface area contributed by atoms with Gasteiger partial charge in [0.1, 0.15) is 18.0 Å². The van der Waals surface area contributed by atoms with Crippen LogP contribution in [0.25, 0.3) is 0 Å². The van der Waals surface area contributed by atoms with Crippen molar-refractivity contribution in [2.24, 2.45) is 0 Å². The SMILES string of the molecule is C/C=C(\C=N)OCC1CCN1C(=O)OC(C)(C)C. The monoisotopic (exact) mass is 254 g/mol. The first-order valence-electron chi connectivity index (χ1n) is 6.16. The Morgan fingerprint density at radius 3 is 2.56 bits per heavy atom. The molecular formula is C13H22N2O3. The van der Waals surface area contributed by atoms with Crippen molar-refractivity contribution < 1.29 is 14.3 Å². The molecule has 0 spiro atoms. The van der Waals surface area contributed by atoms with Crippen molar-refractivity contribution in [3.63, 3.8) is 0 Å². The summed E-state index contributed by atoms with van der Waals surface area (Å²) in [7, 11) is 0. The first-order valence-corrected chi connectivity index (χ1v) is 6.16. The van der Waals surface area contributed by atoms with Gasteiger partial charge in [-0.05, 0) is 40.2 Å². The first-order chi connectivity index (χ1) is 8.37. The summed E-state index contributed by atoms with van der Waals surface area (Å²) in [5.74, 6) is 0.519. The van der Waals surface area contributed by atoms with Gasteiger partial charge in [0.15, 0.2) is 0 Å². The van der Waals surface area contributed by atoms with Gasteiger partial charge in [-0.1, -0.05) is 0 Å². The number of allylic oxidation sites excluding steroid dienone is 2. The standard InChI is InChI=1S/C13H22N2O3/c1-5-11(8-14)17-9-10-6-7-15(10)12(16)18-13(2,3)4/h5,8,10,14H,6-7,9H2,1-4H3/b11-5+,14-8?. The number of likely N-dealkylation sites (tertiary alicyclic amines) is 1. The topological polar surface area (TPSA) is 62.6 Å². The van der Waals surface area contributed by atoms with Gasteiger partial charge in [0.25, 0.3) is 0 Å². The van der Waals surface area contributed by atoms with E-state index in [1.807, 2.05) is 27.7 Å². The molecule has 1 N–H and O–H groups in total. The fourth-order valence-corrected chi connectivity index (χ4v) is 1.58. The summed E-state index contributed by atoms with van der Waals surface area (Å²) in [6.07, 6.45) is 3.51. The second-order valence-electron chi connectivity index (χ2n) is 5.26. The van der Waals surface area contributed by atoms with Crippen LogP contribution in [0, 0.1) is 5.41 Å². The molecule has 1 fully saturated rings. The zero-order valence-electron chi connectivity index (χ0n) is 11.5. The van der Waals surface area contributed by atoms with Crippen LogP contribution in [0.15, 0.2) is 11.8 Å². The van der Waals surface area contributed by atoms with Crippen LogP contribution in [-0.2, 0) is 9.47 Å². The lowest BCUT2D eigenvalue weighted by Gasteiger charge is -2.41. The number of carbonyl (C=O) groups excluding carboxylic acids is 1. The summed E-state index contributed by atoms with van der Waals surface area (Å²) >= 11 is 0. The summed E-state index contributed by atoms with van der Waals surface area (Å²) in [5, 5.41) is 7.11. The van der Waals surface area contributed by atoms with Gasteiger partial charge in [0.2, 0.25) is 0 Å². The van der Waals surface area contributed by atoms with E-state index in [1.165, 1.54) is 0 Å². The van der Waals surface area contributed by atoms with Crippen LogP contribution in [0.1, 0.15) is 34.1 Å². The van der Waals surface area contributed by atoms with Gasteiger partial charge in [-0.15, -0.1) is 0 Å². The number of nitrogens with zero attached hydrogens (tertiary/aromatic N) is 1. The average Bonchev–Trinajstić information content (AvgIpc) is 2.19. The molecule has 1 rings (SSSR count). The van der Waals surface area contributed by atoms with Crippen molar-refractivity contribution in [1.82, 2.24) is 4.90 Å². The predicted molar refractivity (Wildman–Crippen MR) is 69.8 cm³/mol. The van der Waals surface area contributed by atoms with Gasteiger partial charge in [-0.2, -0.15) is 0 Å². The van der Waals surface area contributed by atoms with Gasteiger partial charge in [0, 0.05) is 6.54 Å². The minimum atomic E-state index is -0.471. The molecule has 102 valence electrons. The lowest BCUT2D eigenvalue weighted by Crippen LogP contribution is -2.54. The fraction of sp³-hybridized carbons (Fsp3) is 0.692. The third-order valence-corrected chi connectivity index (χ3v) is 2.64. The maximum atomic E-state index is 11.8. The first kappa shape index (κ1) is 14.5. The van der Waals surface area contributed by atoms with Crippen molar-refractivity contribution in [3.8, 4) is 0 Å². The lowest BCUT2D eigenvalue weighted by molar-refractivity contribution is -0.0191. The maximum absolute atomic E-state index is 11.8. The van der Waals surface area contributed by atoms with Crippen LogP contribution in [0.2, 0.25) is 0 Å². The molecule has 0 saturated carbocycles. The third kappa shape index (κ3) is 4.05. The third-order valence-electron chi connectivity index (χ3n) is 2.64. The maximum Gasteiger partial charge on any atom is 0.410 e. The molecule has 5 heteroatoms. The Morgan fingerprint density at radius 2 is 2.17 bits per heavy atom. The average molecular weight is 254 g/mol. The van der Waals surface area contributed by atoms with Crippen molar-refractivity contribution in [1.29, 1.82) is 5.41 Å². The van der Waals surface area contributed by atoms with Crippen molar-refractivity contribution in [2.75, 3.05) is 13.2 Å². The van der Waals surface area contributed by atoms with E-state index in [4.69, 9.17) is 14.9 Å². The molecule has 1 atom stereocenters. The van der Waals surface area contributed by atoms with Crippen LogP contribution in [0.3, 0.4) is 0 Å². The molecule has 1 heterocycles. The highest BCUT2D eigenvalue weighted by atomic mass is 16.6. The Hall–Kier alpha value is -1.52. The molecule has 0 radical (unpaired) electrons. The molecule has 0 aliphatic carbocycles. The molecule has 0 aromatic heterocycles. The highest BCUT2D eigenvalue weighted by Crippen LogP contribution is 2.21. The van der Waals surface area contributed by atoms with E-state index in [9.17, 15) is 4.79 Å². The molecule has 1 saturated heterocycles. The van der Waals surface area contributed by atoms with Crippen LogP contribution in [-0.4, -0.2) is 42.0 Å². The summed E-state index contributed by atoms with van der Waals surface area (Å²) in [4.78, 5) is 13.5. The zero-order chi connectivity index (χ0) is 13.8. The number of ether oxygens (including phenoxy) is 2. The largest absolute Gasteiger partial charge is 0.490 e. The summed E-state index contributed by atoms with van der Waals surface area (Å²) in [6, 6.07) is 0.0507. The van der Waals surface area contributed by atoms with E-state index in [0.717, 1.165) is 12.6 Å². The molecule has 1 unspecified atom stereocenters. The van der Waals surface area contributed by atoms with Gasteiger partial charge in [-0.3, -0.25) is 0 Å². The van der Waals surface area contributed by atoms with Crippen molar-refractivity contribution in [3.05, 3.63) is 11.8 Å². The number of hydrogen-bond acceptors (Lipinski definition) is 4. The zero-order valence-corrected chi connectivity index (χ0v) is 11.5. The molecule has 1 aliphatic rings. The van der Waals surface area contributed by atoms with Crippen LogP contribution < -0.4 is 0 Å². The quantitative estimate of drug-likeness (QED) is 0.619. The van der Waals surface area contributed by atoms with Crippen LogP contribution >= 0.6 is 0 Å². The van der Waals surface area contributed by atoms with Gasteiger partial charge in [0.05, 0.1) is 12.3 Å². The summed E-state index contributed by atoms with van der Waals surface area (Å²) in [6.45, 7) is 8.48. The predicted octanol–water partition coefficient (Wildman–Crippen LogP) is 2.57. The molecule has 0 bridgehead atoms. The fourth-order valence-electron chi connectivity index (χ4n) is 1.58. The van der Waals surface area contributed by atoms with E-state index in [0.29, 0.717) is 18.9 Å². The molecule has 18 heavy (non-hydrogen) atoms. The van der Waals surface area contributed by atoms with Gasteiger partial charge >= 0.3 is 6.09 Å². The lowest BCUT2D eigenvalue weighted by atomic mass is 10.1. The molecule has 0 aromatic carbocycles. The summed E-state index contributed by atoms with van der Waals surface area (Å²) in [5.41, 5.74) is -0.471. The van der Waals surface area contributed by atoms with Gasteiger partial charge in [-0.25, -0.2) is 4.79 Å². The smallest absolute Gasteiger partial charge is 0.410 e. The second kappa shape index (κ2) is 5.89. The van der Waals surface area contributed by atoms with E-state index in [-0.39, 0.29) is 12.1 Å². The highest BCUT2D eigenvalue weighted by molar-refractivity contribution is 5.72. The Bertz CT molecular complexity index is 345. The van der Waals surface area contributed by atoms with Crippen LogP contribution in [0.4, 0.5) is 4.79 Å². The minimum absolute atomic E-state index is 0.0507. The van der Waals surface area contributed by atoms with Crippen LogP contribution in [0.5, 0.6) is 0 Å². The molecule has 5 nitrogen and oxygen atoms in total. The molecule has 1 aliphatic heterocycles. The van der Waals surface area contributed by atoms with E-state index >= 15 is 0 Å².